The summed E-state index contributed by atoms with van der Waals surface area (Å²) in [6.45, 7) is 4.55. The quantitative estimate of drug-likeness (QED) is 0.707. The average molecular weight is 242 g/mol. The molecule has 17 heavy (non-hydrogen) atoms. The van der Waals surface area contributed by atoms with Crippen LogP contribution in [0.2, 0.25) is 0 Å². The van der Waals surface area contributed by atoms with E-state index in [1.54, 1.807) is 6.92 Å². The second-order valence-electron chi connectivity index (χ2n) is 3.51. The van der Waals surface area contributed by atoms with Gasteiger partial charge < -0.3 is 9.84 Å². The van der Waals surface area contributed by atoms with Gasteiger partial charge in [0, 0.05) is 0 Å². The number of nitrogens with one attached hydrogen (secondary N) is 1. The normalized spacial score (nSPS) is 12.2. The maximum absolute atomic E-state index is 11.5. The van der Waals surface area contributed by atoms with E-state index in [1.165, 1.54) is 13.8 Å². The number of aromatic amines is 1. The Morgan fingerprint density at radius 1 is 1.53 bits per heavy atom. The summed E-state index contributed by atoms with van der Waals surface area (Å²) in [5.74, 6) is -1.18. The molecule has 94 valence electrons. The van der Waals surface area contributed by atoms with Crippen LogP contribution in [0, 0.1) is 6.92 Å². The molecule has 0 fully saturated rings. The maximum atomic E-state index is 11.5. The van der Waals surface area contributed by atoms with Crippen LogP contribution in [0.4, 0.5) is 0 Å². The van der Waals surface area contributed by atoms with Gasteiger partial charge in [0.2, 0.25) is 5.88 Å². The Bertz CT molecular complexity index is 543. The Morgan fingerprint density at radius 2 is 2.12 bits per heavy atom. The number of esters is 1. The third-order valence-electron chi connectivity index (χ3n) is 2.36. The Kier molecular flexibility index (Phi) is 3.72. The number of ether oxygens (including phenoxy) is 1. The zero-order chi connectivity index (χ0) is 13.2. The topological polar surface area (TPSA) is 101 Å². The molecule has 0 aliphatic rings. The number of aromatic hydroxyl groups is 1. The largest absolute Gasteiger partial charge is 0.494 e. The number of aromatic nitrogens is 2. The number of rotatable bonds is 3. The van der Waals surface area contributed by atoms with E-state index in [0.29, 0.717) is 0 Å². The first kappa shape index (κ1) is 13.0. The second-order valence-corrected chi connectivity index (χ2v) is 3.51. The van der Waals surface area contributed by atoms with E-state index in [4.69, 9.17) is 4.74 Å². The molecule has 1 rings (SSSR count). The van der Waals surface area contributed by atoms with E-state index in [-0.39, 0.29) is 12.2 Å². The van der Waals surface area contributed by atoms with Gasteiger partial charge in [-0.05, 0) is 20.8 Å². The van der Waals surface area contributed by atoms with Gasteiger partial charge in [-0.25, -0.2) is 14.2 Å². The summed E-state index contributed by atoms with van der Waals surface area (Å²) in [5, 5.41) is 9.68. The molecule has 0 aliphatic heterocycles. The maximum Gasteiger partial charge on any atom is 0.331 e. The summed E-state index contributed by atoms with van der Waals surface area (Å²) in [4.78, 5) is 36.2. The van der Waals surface area contributed by atoms with Crippen LogP contribution >= 0.6 is 0 Å². The number of hydrogen-bond donors (Lipinski definition) is 2. The summed E-state index contributed by atoms with van der Waals surface area (Å²) in [6, 6.07) is -1.00. The Labute approximate surface area is 96.7 Å². The van der Waals surface area contributed by atoms with Gasteiger partial charge in [0.15, 0.2) is 0 Å². The fourth-order valence-corrected chi connectivity index (χ4v) is 1.36. The van der Waals surface area contributed by atoms with Crippen LogP contribution in [0.15, 0.2) is 9.59 Å². The minimum absolute atomic E-state index is 0.0271. The smallest absolute Gasteiger partial charge is 0.331 e. The fraction of sp³-hybridized carbons (Fsp3) is 0.500. The number of nitrogens with zero attached hydrogens (tertiary/aromatic N) is 1. The lowest BCUT2D eigenvalue weighted by Crippen LogP contribution is -2.36. The molecule has 1 unspecified atom stereocenters. The molecule has 0 aliphatic carbocycles. The highest BCUT2D eigenvalue weighted by atomic mass is 16.5. The van der Waals surface area contributed by atoms with Crippen LogP contribution in [0.3, 0.4) is 0 Å². The molecule has 0 saturated carbocycles. The van der Waals surface area contributed by atoms with Crippen molar-refractivity contribution in [3.63, 3.8) is 0 Å². The molecule has 2 N–H and O–H groups in total. The predicted octanol–water partition coefficient (Wildman–Crippen LogP) is -0.325. The first-order valence-corrected chi connectivity index (χ1v) is 5.11. The van der Waals surface area contributed by atoms with E-state index >= 15 is 0 Å². The summed E-state index contributed by atoms with van der Waals surface area (Å²) in [7, 11) is 0. The van der Waals surface area contributed by atoms with Crippen molar-refractivity contribution >= 4 is 5.97 Å². The molecule has 7 heteroatoms. The van der Waals surface area contributed by atoms with Crippen molar-refractivity contribution in [2.75, 3.05) is 6.61 Å². The van der Waals surface area contributed by atoms with Crippen molar-refractivity contribution in [3.05, 3.63) is 26.4 Å². The summed E-state index contributed by atoms with van der Waals surface area (Å²) in [5.41, 5.74) is -1.56. The van der Waals surface area contributed by atoms with Crippen LogP contribution in [0.5, 0.6) is 5.88 Å². The number of H-pyrrole nitrogens is 1. The zero-order valence-corrected chi connectivity index (χ0v) is 9.81. The molecule has 0 aromatic carbocycles. The van der Waals surface area contributed by atoms with Gasteiger partial charge in [-0.15, -0.1) is 0 Å². The Morgan fingerprint density at radius 3 is 2.65 bits per heavy atom. The first-order valence-electron chi connectivity index (χ1n) is 5.11. The second kappa shape index (κ2) is 4.86. The zero-order valence-electron chi connectivity index (χ0n) is 9.81. The van der Waals surface area contributed by atoms with Gasteiger partial charge >= 0.3 is 11.7 Å². The van der Waals surface area contributed by atoms with Crippen LogP contribution < -0.4 is 11.2 Å². The predicted molar refractivity (Wildman–Crippen MR) is 59.1 cm³/mol. The van der Waals surface area contributed by atoms with Gasteiger partial charge in [-0.2, -0.15) is 0 Å². The standard InChI is InChI=1S/C10H14N2O5/c1-4-17-9(15)6(3)12-8(14)5(2)7(13)11-10(12)16/h6,14H,4H2,1-3H3,(H,11,13,16). The number of hydrogen-bond acceptors (Lipinski definition) is 5. The molecular weight excluding hydrogens is 228 g/mol. The third-order valence-corrected chi connectivity index (χ3v) is 2.36. The molecule has 1 aromatic rings. The minimum atomic E-state index is -1.00. The molecular formula is C10H14N2O5. The van der Waals surface area contributed by atoms with Crippen LogP contribution in [-0.2, 0) is 9.53 Å². The highest BCUT2D eigenvalue weighted by molar-refractivity contribution is 5.74. The molecule has 0 radical (unpaired) electrons. The SMILES string of the molecule is CCOC(=O)C(C)n1c(O)c(C)c(=O)[nH]c1=O. The van der Waals surface area contributed by atoms with Gasteiger partial charge in [0.25, 0.3) is 5.56 Å². The summed E-state index contributed by atoms with van der Waals surface area (Å²) < 4.78 is 5.52. The van der Waals surface area contributed by atoms with Crippen molar-refractivity contribution in [1.29, 1.82) is 0 Å². The molecule has 7 nitrogen and oxygen atoms in total. The molecule has 1 heterocycles. The van der Waals surface area contributed by atoms with E-state index in [2.05, 4.69) is 0 Å². The molecule has 0 amide bonds. The van der Waals surface area contributed by atoms with Crippen molar-refractivity contribution in [2.45, 2.75) is 26.8 Å². The minimum Gasteiger partial charge on any atom is -0.494 e. The number of carbonyl (C=O) groups excluding carboxylic acids is 1. The first-order chi connectivity index (χ1) is 7.90. The van der Waals surface area contributed by atoms with Crippen molar-refractivity contribution in [1.82, 2.24) is 9.55 Å². The van der Waals surface area contributed by atoms with E-state index < -0.39 is 29.1 Å². The number of carbonyl (C=O) groups is 1. The summed E-state index contributed by atoms with van der Waals surface area (Å²) >= 11 is 0. The highest BCUT2D eigenvalue weighted by Gasteiger charge is 2.22. The lowest BCUT2D eigenvalue weighted by molar-refractivity contribution is -0.146. The highest BCUT2D eigenvalue weighted by Crippen LogP contribution is 2.15. The van der Waals surface area contributed by atoms with Crippen LogP contribution in [0.1, 0.15) is 25.5 Å². The van der Waals surface area contributed by atoms with Gasteiger partial charge in [-0.1, -0.05) is 0 Å². The molecule has 1 aromatic heterocycles. The average Bonchev–Trinajstić information content (AvgIpc) is 2.26. The fourth-order valence-electron chi connectivity index (χ4n) is 1.36. The van der Waals surface area contributed by atoms with Crippen molar-refractivity contribution < 1.29 is 14.6 Å². The van der Waals surface area contributed by atoms with Gasteiger partial charge in [-0.3, -0.25) is 9.78 Å². The Balaban J connectivity index is 3.32. The third kappa shape index (κ3) is 2.38. The van der Waals surface area contributed by atoms with E-state index in [1.807, 2.05) is 4.98 Å². The molecule has 0 bridgehead atoms. The monoisotopic (exact) mass is 242 g/mol. The molecule has 0 saturated heterocycles. The molecule has 1 atom stereocenters. The van der Waals surface area contributed by atoms with Crippen LogP contribution in [0.25, 0.3) is 0 Å². The van der Waals surface area contributed by atoms with Crippen molar-refractivity contribution in [2.24, 2.45) is 0 Å². The van der Waals surface area contributed by atoms with E-state index in [0.717, 1.165) is 4.57 Å². The Hall–Kier alpha value is -2.05. The summed E-state index contributed by atoms with van der Waals surface area (Å²) in [6.07, 6.45) is 0. The van der Waals surface area contributed by atoms with Crippen LogP contribution in [-0.4, -0.2) is 27.2 Å². The lowest BCUT2D eigenvalue weighted by atomic mass is 10.3. The van der Waals surface area contributed by atoms with Gasteiger partial charge in [0.1, 0.15) is 6.04 Å². The van der Waals surface area contributed by atoms with Gasteiger partial charge in [0.05, 0.1) is 12.2 Å². The van der Waals surface area contributed by atoms with E-state index in [9.17, 15) is 19.5 Å². The lowest BCUT2D eigenvalue weighted by Gasteiger charge is -2.15. The van der Waals surface area contributed by atoms with Crippen molar-refractivity contribution in [3.8, 4) is 5.88 Å². The molecule has 0 spiro atoms.